The number of benzene rings is 1. The first kappa shape index (κ1) is 17.7. The average Bonchev–Trinajstić information content (AvgIpc) is 3.24. The van der Waals surface area contributed by atoms with Crippen LogP contribution in [0.1, 0.15) is 41.1 Å². The van der Waals surface area contributed by atoms with E-state index in [1.54, 1.807) is 13.0 Å². The summed E-state index contributed by atoms with van der Waals surface area (Å²) in [5, 5.41) is 12.2. The van der Waals surface area contributed by atoms with E-state index in [1.807, 2.05) is 29.8 Å². The standard InChI is InChI=1S/C19H20ClN5O2/c1-3-15-22-16-9-8-12(10-25(16)23-15)21-19(26)17-11(2)27-24-18(17)13-6-4-5-7-14(13)20/h4-7,12H,3,8-10H2,1-2H3,(H,21,26). The fourth-order valence-corrected chi connectivity index (χ4v) is 3.59. The van der Waals surface area contributed by atoms with Crippen LogP contribution in [0.4, 0.5) is 0 Å². The SMILES string of the molecule is CCc1nc2n(n1)CC(NC(=O)c1c(-c3ccccc3Cl)noc1C)CC2. The number of rotatable bonds is 4. The third kappa shape index (κ3) is 3.35. The minimum atomic E-state index is -0.215. The smallest absolute Gasteiger partial charge is 0.257 e. The van der Waals surface area contributed by atoms with Crippen LogP contribution < -0.4 is 5.32 Å². The average molecular weight is 386 g/mol. The first-order valence-electron chi connectivity index (χ1n) is 9.01. The number of carbonyl (C=O) groups excluding carboxylic acids is 1. The van der Waals surface area contributed by atoms with Crippen molar-refractivity contribution in [3.05, 3.63) is 52.3 Å². The Balaban J connectivity index is 1.56. The minimum absolute atomic E-state index is 0.0233. The Bertz CT molecular complexity index is 994. The second-order valence-electron chi connectivity index (χ2n) is 6.63. The topological polar surface area (TPSA) is 85.8 Å². The predicted octanol–water partition coefficient (Wildman–Crippen LogP) is 3.20. The van der Waals surface area contributed by atoms with Gasteiger partial charge in [-0.2, -0.15) is 5.10 Å². The van der Waals surface area contributed by atoms with Gasteiger partial charge < -0.3 is 9.84 Å². The Kier molecular flexibility index (Phi) is 4.70. The van der Waals surface area contributed by atoms with Gasteiger partial charge in [0, 0.05) is 24.4 Å². The quantitative estimate of drug-likeness (QED) is 0.745. The molecule has 7 nitrogen and oxygen atoms in total. The first-order chi connectivity index (χ1) is 13.1. The second-order valence-corrected chi connectivity index (χ2v) is 7.04. The van der Waals surface area contributed by atoms with Crippen LogP contribution in [0.25, 0.3) is 11.3 Å². The molecule has 2 aromatic heterocycles. The number of nitrogens with one attached hydrogen (secondary N) is 1. The molecular weight excluding hydrogens is 366 g/mol. The number of fused-ring (bicyclic) bond motifs is 1. The van der Waals surface area contributed by atoms with E-state index in [9.17, 15) is 4.79 Å². The van der Waals surface area contributed by atoms with E-state index in [4.69, 9.17) is 16.1 Å². The van der Waals surface area contributed by atoms with E-state index in [1.165, 1.54) is 0 Å². The zero-order valence-electron chi connectivity index (χ0n) is 15.2. The van der Waals surface area contributed by atoms with Crippen molar-refractivity contribution in [2.75, 3.05) is 0 Å². The zero-order chi connectivity index (χ0) is 19.0. The van der Waals surface area contributed by atoms with Gasteiger partial charge in [-0.3, -0.25) is 4.79 Å². The predicted molar refractivity (Wildman–Crippen MR) is 101 cm³/mol. The summed E-state index contributed by atoms with van der Waals surface area (Å²) in [6.07, 6.45) is 2.41. The number of amides is 1. The highest BCUT2D eigenvalue weighted by atomic mass is 35.5. The van der Waals surface area contributed by atoms with E-state index in [-0.39, 0.29) is 11.9 Å². The van der Waals surface area contributed by atoms with Crippen molar-refractivity contribution in [3.8, 4) is 11.3 Å². The van der Waals surface area contributed by atoms with Gasteiger partial charge in [-0.05, 0) is 19.4 Å². The molecule has 1 amide bonds. The third-order valence-corrected chi connectivity index (χ3v) is 5.10. The fourth-order valence-electron chi connectivity index (χ4n) is 3.36. The molecule has 1 aliphatic heterocycles. The molecule has 0 aliphatic carbocycles. The largest absolute Gasteiger partial charge is 0.360 e. The van der Waals surface area contributed by atoms with Crippen molar-refractivity contribution in [3.63, 3.8) is 0 Å². The number of hydrogen-bond acceptors (Lipinski definition) is 5. The molecule has 0 fully saturated rings. The lowest BCUT2D eigenvalue weighted by Crippen LogP contribution is -2.41. The highest BCUT2D eigenvalue weighted by Gasteiger charge is 2.27. The Morgan fingerprint density at radius 2 is 2.22 bits per heavy atom. The molecule has 0 saturated heterocycles. The number of carbonyl (C=O) groups is 1. The molecule has 0 spiro atoms. The molecule has 4 rings (SSSR count). The summed E-state index contributed by atoms with van der Waals surface area (Å²) in [6, 6.07) is 7.25. The lowest BCUT2D eigenvalue weighted by Gasteiger charge is -2.23. The summed E-state index contributed by atoms with van der Waals surface area (Å²) in [4.78, 5) is 17.5. The molecule has 1 unspecified atom stereocenters. The number of nitrogens with zero attached hydrogens (tertiary/aromatic N) is 4. The van der Waals surface area contributed by atoms with Crippen LogP contribution in [0, 0.1) is 6.92 Å². The molecule has 140 valence electrons. The summed E-state index contributed by atoms with van der Waals surface area (Å²) >= 11 is 6.28. The maximum atomic E-state index is 13.0. The van der Waals surface area contributed by atoms with Crippen LogP contribution in [0.15, 0.2) is 28.8 Å². The lowest BCUT2D eigenvalue weighted by atomic mass is 10.0. The normalized spacial score (nSPS) is 16.2. The van der Waals surface area contributed by atoms with Crippen molar-refractivity contribution in [2.45, 2.75) is 45.7 Å². The number of aromatic nitrogens is 4. The van der Waals surface area contributed by atoms with Gasteiger partial charge in [0.15, 0.2) is 5.82 Å². The molecule has 1 N–H and O–H groups in total. The molecule has 0 saturated carbocycles. The molecule has 1 aromatic carbocycles. The van der Waals surface area contributed by atoms with Gasteiger partial charge in [0.2, 0.25) is 0 Å². The van der Waals surface area contributed by atoms with E-state index in [0.29, 0.717) is 34.1 Å². The molecule has 1 atom stereocenters. The van der Waals surface area contributed by atoms with Gasteiger partial charge >= 0.3 is 0 Å². The molecule has 3 heterocycles. The van der Waals surface area contributed by atoms with Crippen molar-refractivity contribution >= 4 is 17.5 Å². The Hall–Kier alpha value is -2.67. The Morgan fingerprint density at radius 1 is 1.41 bits per heavy atom. The number of halogens is 1. The highest BCUT2D eigenvalue weighted by molar-refractivity contribution is 6.33. The molecule has 3 aromatic rings. The fraction of sp³-hybridized carbons (Fsp3) is 0.368. The Morgan fingerprint density at radius 3 is 3.00 bits per heavy atom. The van der Waals surface area contributed by atoms with E-state index >= 15 is 0 Å². The lowest BCUT2D eigenvalue weighted by molar-refractivity contribution is 0.0925. The molecule has 8 heteroatoms. The first-order valence-corrected chi connectivity index (χ1v) is 9.39. The maximum Gasteiger partial charge on any atom is 0.257 e. The summed E-state index contributed by atoms with van der Waals surface area (Å²) in [5.41, 5.74) is 1.55. The minimum Gasteiger partial charge on any atom is -0.360 e. The van der Waals surface area contributed by atoms with Gasteiger partial charge in [0.1, 0.15) is 22.8 Å². The van der Waals surface area contributed by atoms with E-state index in [2.05, 4.69) is 20.6 Å². The molecular formula is C19H20ClN5O2. The monoisotopic (exact) mass is 385 g/mol. The summed E-state index contributed by atoms with van der Waals surface area (Å²) < 4.78 is 7.18. The van der Waals surface area contributed by atoms with Crippen LogP contribution in [-0.4, -0.2) is 31.9 Å². The zero-order valence-corrected chi connectivity index (χ0v) is 16.0. The second kappa shape index (κ2) is 7.15. The van der Waals surface area contributed by atoms with E-state index in [0.717, 1.165) is 30.9 Å². The number of hydrogen-bond donors (Lipinski definition) is 1. The molecule has 1 aliphatic rings. The summed E-state index contributed by atoms with van der Waals surface area (Å²) in [7, 11) is 0. The molecule has 27 heavy (non-hydrogen) atoms. The third-order valence-electron chi connectivity index (χ3n) is 4.77. The van der Waals surface area contributed by atoms with E-state index < -0.39 is 0 Å². The van der Waals surface area contributed by atoms with Crippen LogP contribution >= 0.6 is 11.6 Å². The van der Waals surface area contributed by atoms with Crippen LogP contribution in [-0.2, 0) is 19.4 Å². The van der Waals surface area contributed by atoms with Gasteiger partial charge in [0.05, 0.1) is 11.6 Å². The van der Waals surface area contributed by atoms with Gasteiger partial charge in [0.25, 0.3) is 5.91 Å². The van der Waals surface area contributed by atoms with Crippen LogP contribution in [0.5, 0.6) is 0 Å². The highest BCUT2D eigenvalue weighted by Crippen LogP contribution is 2.31. The Labute approximate surface area is 161 Å². The number of aryl methyl sites for hydroxylation is 3. The van der Waals surface area contributed by atoms with Crippen LogP contribution in [0.3, 0.4) is 0 Å². The van der Waals surface area contributed by atoms with Crippen molar-refractivity contribution in [1.29, 1.82) is 0 Å². The maximum absolute atomic E-state index is 13.0. The summed E-state index contributed by atoms with van der Waals surface area (Å²) in [5.74, 6) is 2.07. The van der Waals surface area contributed by atoms with Gasteiger partial charge in [-0.1, -0.05) is 41.9 Å². The molecule has 0 radical (unpaired) electrons. The van der Waals surface area contributed by atoms with Crippen molar-refractivity contribution in [1.82, 2.24) is 25.2 Å². The van der Waals surface area contributed by atoms with Crippen molar-refractivity contribution < 1.29 is 9.32 Å². The summed E-state index contributed by atoms with van der Waals surface area (Å²) in [6.45, 7) is 4.37. The van der Waals surface area contributed by atoms with Gasteiger partial charge in [-0.25, -0.2) is 9.67 Å². The van der Waals surface area contributed by atoms with Crippen LogP contribution in [0.2, 0.25) is 5.02 Å². The molecule has 0 bridgehead atoms. The van der Waals surface area contributed by atoms with Crippen molar-refractivity contribution in [2.24, 2.45) is 0 Å². The van der Waals surface area contributed by atoms with Gasteiger partial charge in [-0.15, -0.1) is 0 Å².